The number of carbonyl (C=O) groups is 2. The Labute approximate surface area is 198 Å². The lowest BCUT2D eigenvalue weighted by Gasteiger charge is -2.30. The Morgan fingerprint density at radius 3 is 2.27 bits per heavy atom. The van der Waals surface area contributed by atoms with Crippen LogP contribution in [-0.4, -0.2) is 31.6 Å². The standard InChI is InChI=1S/C26H26ClNO5/c1-5-31-19-12-17(18(27)13-20(19)32-6-2)22-21(26(30)33-7-3)14(4)28-24-15-10-8-9-11-16(15)25(29)23(22)24/h8-13,22,28H,5-7H2,1-4H3/t22-/m1/s1. The fraction of sp³-hybridized carbons (Fsp3) is 0.308. The largest absolute Gasteiger partial charge is 0.490 e. The van der Waals surface area contributed by atoms with Crippen LogP contribution < -0.4 is 14.8 Å². The normalized spacial score (nSPS) is 16.9. The van der Waals surface area contributed by atoms with E-state index in [1.807, 2.05) is 32.0 Å². The number of carbonyl (C=O) groups excluding carboxylic acids is 2. The van der Waals surface area contributed by atoms with Crippen LogP contribution in [-0.2, 0) is 9.53 Å². The molecule has 1 atom stereocenters. The van der Waals surface area contributed by atoms with E-state index < -0.39 is 11.9 Å². The summed E-state index contributed by atoms with van der Waals surface area (Å²) in [6, 6.07) is 10.8. The van der Waals surface area contributed by atoms with Gasteiger partial charge in [-0.3, -0.25) is 4.79 Å². The third kappa shape index (κ3) is 3.89. The zero-order valence-electron chi connectivity index (χ0n) is 19.1. The van der Waals surface area contributed by atoms with E-state index in [1.165, 1.54) is 0 Å². The third-order valence-corrected chi connectivity index (χ3v) is 6.05. The van der Waals surface area contributed by atoms with Gasteiger partial charge in [-0.2, -0.15) is 0 Å². The zero-order valence-corrected chi connectivity index (χ0v) is 19.8. The molecule has 0 fully saturated rings. The van der Waals surface area contributed by atoms with Crippen molar-refractivity contribution in [3.8, 4) is 11.5 Å². The lowest BCUT2D eigenvalue weighted by Crippen LogP contribution is -2.29. The van der Waals surface area contributed by atoms with E-state index in [4.69, 9.17) is 25.8 Å². The number of ketones is 1. The lowest BCUT2D eigenvalue weighted by atomic mass is 9.79. The predicted molar refractivity (Wildman–Crippen MR) is 127 cm³/mol. The van der Waals surface area contributed by atoms with Crippen LogP contribution in [0.15, 0.2) is 53.2 Å². The summed E-state index contributed by atoms with van der Waals surface area (Å²) in [7, 11) is 0. The first-order valence-corrected chi connectivity index (χ1v) is 11.4. The number of rotatable bonds is 7. The van der Waals surface area contributed by atoms with Crippen LogP contribution in [0.2, 0.25) is 5.02 Å². The number of Topliss-reactive ketones (excluding diaryl/α,β-unsaturated/α-hetero) is 1. The average Bonchev–Trinajstić information content (AvgIpc) is 3.07. The van der Waals surface area contributed by atoms with E-state index in [0.717, 1.165) is 5.56 Å². The SMILES string of the molecule is CCOC(=O)C1=C(C)NC2=C(C(=O)c3ccccc32)[C@@H]1c1cc(OCC)c(OCC)cc1Cl. The van der Waals surface area contributed by atoms with Gasteiger partial charge in [-0.05, 0) is 39.3 Å². The topological polar surface area (TPSA) is 73.9 Å². The summed E-state index contributed by atoms with van der Waals surface area (Å²) < 4.78 is 16.9. The van der Waals surface area contributed by atoms with Crippen molar-refractivity contribution in [1.29, 1.82) is 0 Å². The number of ether oxygens (including phenoxy) is 3. The Hall–Kier alpha value is -3.25. The van der Waals surface area contributed by atoms with Crippen molar-refractivity contribution in [3.63, 3.8) is 0 Å². The molecular formula is C26H26ClNO5. The maximum Gasteiger partial charge on any atom is 0.336 e. The molecule has 1 aliphatic carbocycles. The molecule has 4 rings (SSSR count). The third-order valence-electron chi connectivity index (χ3n) is 5.72. The van der Waals surface area contributed by atoms with Crippen molar-refractivity contribution in [1.82, 2.24) is 5.32 Å². The van der Waals surface area contributed by atoms with Crippen molar-refractivity contribution < 1.29 is 23.8 Å². The van der Waals surface area contributed by atoms with Crippen LogP contribution in [0.25, 0.3) is 5.70 Å². The quantitative estimate of drug-likeness (QED) is 0.559. The Balaban J connectivity index is 1.96. The summed E-state index contributed by atoms with van der Waals surface area (Å²) in [4.78, 5) is 26.7. The Bertz CT molecular complexity index is 1200. The molecule has 0 radical (unpaired) electrons. The fourth-order valence-electron chi connectivity index (χ4n) is 4.43. The maximum absolute atomic E-state index is 13.6. The minimum absolute atomic E-state index is 0.143. The minimum Gasteiger partial charge on any atom is -0.490 e. The number of halogens is 1. The Kier molecular flexibility index (Phi) is 6.47. The molecule has 0 saturated carbocycles. The molecule has 6 nitrogen and oxygen atoms in total. The molecule has 1 aliphatic heterocycles. The highest BCUT2D eigenvalue weighted by atomic mass is 35.5. The summed E-state index contributed by atoms with van der Waals surface area (Å²) in [6.07, 6.45) is 0. The molecule has 0 aromatic heterocycles. The number of dihydropyridines is 1. The molecule has 0 spiro atoms. The summed E-state index contributed by atoms with van der Waals surface area (Å²) in [5.41, 5.74) is 4.10. The van der Waals surface area contributed by atoms with Gasteiger partial charge in [0.2, 0.25) is 0 Å². The van der Waals surface area contributed by atoms with Crippen LogP contribution in [0.1, 0.15) is 55.1 Å². The summed E-state index contributed by atoms with van der Waals surface area (Å²) in [5.74, 6) is -0.345. The number of nitrogens with one attached hydrogen (secondary N) is 1. The molecule has 0 amide bonds. The Morgan fingerprint density at radius 1 is 1.00 bits per heavy atom. The van der Waals surface area contributed by atoms with Crippen LogP contribution in [0, 0.1) is 0 Å². The zero-order chi connectivity index (χ0) is 23.7. The van der Waals surface area contributed by atoms with Crippen LogP contribution in [0.4, 0.5) is 0 Å². The summed E-state index contributed by atoms with van der Waals surface area (Å²) in [5, 5.41) is 3.66. The maximum atomic E-state index is 13.6. The van der Waals surface area contributed by atoms with Gasteiger partial charge in [0, 0.05) is 33.5 Å². The van der Waals surface area contributed by atoms with Gasteiger partial charge in [-0.25, -0.2) is 4.79 Å². The molecule has 172 valence electrons. The highest BCUT2D eigenvalue weighted by Gasteiger charge is 2.43. The van der Waals surface area contributed by atoms with Gasteiger partial charge in [0.1, 0.15) is 0 Å². The number of allylic oxidation sites excluding steroid dienone is 2. The van der Waals surface area contributed by atoms with E-state index in [2.05, 4.69) is 5.32 Å². The van der Waals surface area contributed by atoms with Crippen molar-refractivity contribution in [3.05, 3.63) is 75.0 Å². The van der Waals surface area contributed by atoms with Crippen molar-refractivity contribution in [2.24, 2.45) is 0 Å². The Morgan fingerprint density at radius 2 is 1.64 bits per heavy atom. The van der Waals surface area contributed by atoms with E-state index in [9.17, 15) is 9.59 Å². The number of hydrogen-bond donors (Lipinski definition) is 1. The van der Waals surface area contributed by atoms with Gasteiger partial charge < -0.3 is 19.5 Å². The van der Waals surface area contributed by atoms with Crippen molar-refractivity contribution in [2.75, 3.05) is 19.8 Å². The second kappa shape index (κ2) is 9.32. The molecule has 2 aliphatic rings. The molecule has 0 bridgehead atoms. The monoisotopic (exact) mass is 467 g/mol. The van der Waals surface area contributed by atoms with Gasteiger partial charge in [0.25, 0.3) is 0 Å². The molecule has 0 unspecified atom stereocenters. The molecule has 2 aromatic rings. The molecule has 7 heteroatoms. The van der Waals surface area contributed by atoms with E-state index in [0.29, 0.717) is 63.4 Å². The van der Waals surface area contributed by atoms with Crippen molar-refractivity contribution in [2.45, 2.75) is 33.6 Å². The van der Waals surface area contributed by atoms with Gasteiger partial charge >= 0.3 is 5.97 Å². The van der Waals surface area contributed by atoms with Gasteiger partial charge in [-0.15, -0.1) is 0 Å². The molecule has 1 N–H and O–H groups in total. The smallest absolute Gasteiger partial charge is 0.336 e. The average molecular weight is 468 g/mol. The first-order chi connectivity index (χ1) is 15.9. The highest BCUT2D eigenvalue weighted by molar-refractivity contribution is 6.32. The molecule has 0 saturated heterocycles. The van der Waals surface area contributed by atoms with Gasteiger partial charge in [-0.1, -0.05) is 35.9 Å². The molecular weight excluding hydrogens is 442 g/mol. The first kappa shape index (κ1) is 22.9. The van der Waals surface area contributed by atoms with Gasteiger partial charge in [0.15, 0.2) is 17.3 Å². The minimum atomic E-state index is -0.720. The number of hydrogen-bond acceptors (Lipinski definition) is 6. The lowest BCUT2D eigenvalue weighted by molar-refractivity contribution is -0.138. The van der Waals surface area contributed by atoms with Crippen molar-refractivity contribution >= 4 is 29.1 Å². The van der Waals surface area contributed by atoms with Crippen LogP contribution >= 0.6 is 11.6 Å². The number of esters is 1. The summed E-state index contributed by atoms with van der Waals surface area (Å²) in [6.45, 7) is 8.38. The number of fused-ring (bicyclic) bond motifs is 2. The predicted octanol–water partition coefficient (Wildman–Crippen LogP) is 5.27. The van der Waals surface area contributed by atoms with Crippen LogP contribution in [0.5, 0.6) is 11.5 Å². The van der Waals surface area contributed by atoms with Gasteiger partial charge in [0.05, 0.1) is 37.0 Å². The molecule has 33 heavy (non-hydrogen) atoms. The second-order valence-electron chi connectivity index (χ2n) is 7.67. The second-order valence-corrected chi connectivity index (χ2v) is 8.07. The first-order valence-electron chi connectivity index (χ1n) is 11.0. The molecule has 1 heterocycles. The van der Waals surface area contributed by atoms with E-state index >= 15 is 0 Å². The highest BCUT2D eigenvalue weighted by Crippen LogP contribution is 2.50. The summed E-state index contributed by atoms with van der Waals surface area (Å²) >= 11 is 6.75. The van der Waals surface area contributed by atoms with E-state index in [-0.39, 0.29) is 12.4 Å². The van der Waals surface area contributed by atoms with Crippen LogP contribution in [0.3, 0.4) is 0 Å². The fourth-order valence-corrected chi connectivity index (χ4v) is 4.69. The number of benzene rings is 2. The molecule has 2 aromatic carbocycles. The van der Waals surface area contributed by atoms with E-state index in [1.54, 1.807) is 32.0 Å².